The first-order valence-electron chi connectivity index (χ1n) is 10.7. The van der Waals surface area contributed by atoms with Gasteiger partial charge in [0.25, 0.3) is 5.91 Å². The molecule has 0 aromatic heterocycles. The lowest BCUT2D eigenvalue weighted by Crippen LogP contribution is -2.42. The van der Waals surface area contributed by atoms with Gasteiger partial charge in [0.15, 0.2) is 0 Å². The van der Waals surface area contributed by atoms with Crippen LogP contribution in [0.15, 0.2) is 54.2 Å². The minimum Gasteiger partial charge on any atom is -0.377 e. The van der Waals surface area contributed by atoms with E-state index in [1.807, 2.05) is 17.0 Å². The summed E-state index contributed by atoms with van der Waals surface area (Å²) in [5.74, 6) is 0.0990. The molecule has 2 heterocycles. The molecule has 0 saturated heterocycles. The lowest BCUT2D eigenvalue weighted by molar-refractivity contribution is 0.0643. The molecule has 0 radical (unpaired) electrons. The van der Waals surface area contributed by atoms with Crippen LogP contribution >= 0.6 is 0 Å². The van der Waals surface area contributed by atoms with Crippen LogP contribution in [0.1, 0.15) is 67.2 Å². The normalized spacial score (nSPS) is 18.3. The van der Waals surface area contributed by atoms with E-state index in [1.54, 1.807) is 0 Å². The van der Waals surface area contributed by atoms with Gasteiger partial charge in [0, 0.05) is 36.4 Å². The largest absolute Gasteiger partial charge is 0.377 e. The Hall–Kier alpha value is -2.59. The Balaban J connectivity index is 1.65. The van der Waals surface area contributed by atoms with Crippen LogP contribution in [0.3, 0.4) is 0 Å². The third-order valence-corrected chi connectivity index (χ3v) is 5.97. The number of rotatable bonds is 4. The minimum atomic E-state index is 0.0990. The summed E-state index contributed by atoms with van der Waals surface area (Å²) in [6.45, 7) is 10.2. The highest BCUT2D eigenvalue weighted by Gasteiger charge is 2.28. The standard InChI is InChI=1S/C25H31N3O/c1-16(2)28(17(3)4)25(29)19-11-9-18(10-12-19)24-21-8-6-5-7-20(21)22-15-26-14-13-23(22)27-24/h5-12,16-17,24,26-27H,13-15H2,1-4H3. The fourth-order valence-electron chi connectivity index (χ4n) is 4.67. The summed E-state index contributed by atoms with van der Waals surface area (Å²) in [6, 6.07) is 17.3. The Morgan fingerprint density at radius 1 is 1.00 bits per heavy atom. The Morgan fingerprint density at radius 2 is 1.69 bits per heavy atom. The van der Waals surface area contributed by atoms with Gasteiger partial charge in [-0.05, 0) is 68.5 Å². The number of hydrogen-bond donors (Lipinski definition) is 2. The Bertz CT molecular complexity index is 919. The molecule has 1 amide bonds. The van der Waals surface area contributed by atoms with E-state index in [2.05, 4.69) is 74.7 Å². The fourth-order valence-corrected chi connectivity index (χ4v) is 4.67. The first-order chi connectivity index (χ1) is 14.0. The van der Waals surface area contributed by atoms with E-state index >= 15 is 0 Å². The van der Waals surface area contributed by atoms with Gasteiger partial charge in [-0.3, -0.25) is 4.79 Å². The van der Waals surface area contributed by atoms with Crippen molar-refractivity contribution < 1.29 is 4.79 Å². The molecule has 2 aromatic rings. The Morgan fingerprint density at radius 3 is 2.38 bits per heavy atom. The number of benzene rings is 2. The van der Waals surface area contributed by atoms with Crippen molar-refractivity contribution in [3.8, 4) is 0 Å². The van der Waals surface area contributed by atoms with Crippen LogP contribution in [0, 0.1) is 0 Å². The van der Waals surface area contributed by atoms with Crippen LogP contribution in [0.4, 0.5) is 0 Å². The number of carbonyl (C=O) groups is 1. The van der Waals surface area contributed by atoms with Crippen LogP contribution in [-0.2, 0) is 0 Å². The summed E-state index contributed by atoms with van der Waals surface area (Å²) in [5.41, 5.74) is 7.32. The minimum absolute atomic E-state index is 0.0990. The van der Waals surface area contributed by atoms with Gasteiger partial charge in [0.2, 0.25) is 0 Å². The average Bonchev–Trinajstić information content (AvgIpc) is 2.73. The quantitative estimate of drug-likeness (QED) is 0.817. The van der Waals surface area contributed by atoms with Crippen molar-refractivity contribution in [1.29, 1.82) is 0 Å². The molecule has 0 aliphatic carbocycles. The lowest BCUT2D eigenvalue weighted by Gasteiger charge is -2.35. The van der Waals surface area contributed by atoms with Crippen molar-refractivity contribution in [2.75, 3.05) is 13.1 Å². The smallest absolute Gasteiger partial charge is 0.254 e. The van der Waals surface area contributed by atoms with E-state index in [9.17, 15) is 4.79 Å². The van der Waals surface area contributed by atoms with E-state index in [0.29, 0.717) is 0 Å². The van der Waals surface area contributed by atoms with Crippen LogP contribution in [0.25, 0.3) is 5.57 Å². The van der Waals surface area contributed by atoms with Crippen LogP contribution < -0.4 is 10.6 Å². The molecule has 29 heavy (non-hydrogen) atoms. The summed E-state index contributed by atoms with van der Waals surface area (Å²) in [5, 5.41) is 7.27. The first kappa shape index (κ1) is 19.7. The Kier molecular flexibility index (Phi) is 5.46. The van der Waals surface area contributed by atoms with E-state index in [4.69, 9.17) is 0 Å². The van der Waals surface area contributed by atoms with Crippen molar-refractivity contribution in [2.45, 2.75) is 52.2 Å². The number of carbonyl (C=O) groups excluding carboxylic acids is 1. The topological polar surface area (TPSA) is 44.4 Å². The predicted molar refractivity (Wildman–Crippen MR) is 119 cm³/mol. The van der Waals surface area contributed by atoms with E-state index in [-0.39, 0.29) is 24.0 Å². The monoisotopic (exact) mass is 389 g/mol. The van der Waals surface area contributed by atoms with Crippen LogP contribution in [-0.4, -0.2) is 36.0 Å². The maximum Gasteiger partial charge on any atom is 0.254 e. The van der Waals surface area contributed by atoms with Gasteiger partial charge in [-0.15, -0.1) is 0 Å². The molecule has 4 heteroatoms. The maximum atomic E-state index is 13.0. The van der Waals surface area contributed by atoms with Crippen molar-refractivity contribution in [2.24, 2.45) is 0 Å². The molecule has 2 aliphatic rings. The van der Waals surface area contributed by atoms with Crippen molar-refractivity contribution >= 4 is 11.5 Å². The fraction of sp³-hybridized carbons (Fsp3) is 0.400. The SMILES string of the molecule is CC(C)N(C(=O)c1ccc(C2NC3=C(CNCC3)c3ccccc32)cc1)C(C)C. The third-order valence-electron chi connectivity index (χ3n) is 5.97. The van der Waals surface area contributed by atoms with E-state index in [1.165, 1.54) is 28.0 Å². The van der Waals surface area contributed by atoms with Crippen LogP contribution in [0.5, 0.6) is 0 Å². The van der Waals surface area contributed by atoms with Gasteiger partial charge < -0.3 is 15.5 Å². The molecule has 4 nitrogen and oxygen atoms in total. The van der Waals surface area contributed by atoms with Gasteiger partial charge >= 0.3 is 0 Å². The number of nitrogens with one attached hydrogen (secondary N) is 2. The number of amides is 1. The highest BCUT2D eigenvalue weighted by molar-refractivity contribution is 5.94. The summed E-state index contributed by atoms with van der Waals surface area (Å²) in [7, 11) is 0. The molecule has 4 rings (SSSR count). The van der Waals surface area contributed by atoms with Crippen molar-refractivity contribution in [3.05, 3.63) is 76.5 Å². The van der Waals surface area contributed by atoms with Crippen molar-refractivity contribution in [1.82, 2.24) is 15.5 Å². The summed E-state index contributed by atoms with van der Waals surface area (Å²) in [4.78, 5) is 14.9. The molecule has 2 aromatic carbocycles. The van der Waals surface area contributed by atoms with E-state index < -0.39 is 0 Å². The molecular formula is C25H31N3O. The second kappa shape index (κ2) is 8.03. The lowest BCUT2D eigenvalue weighted by atomic mass is 9.84. The average molecular weight is 390 g/mol. The molecular weight excluding hydrogens is 358 g/mol. The van der Waals surface area contributed by atoms with Gasteiger partial charge in [-0.2, -0.15) is 0 Å². The molecule has 0 fully saturated rings. The summed E-state index contributed by atoms with van der Waals surface area (Å²) in [6.07, 6.45) is 1.02. The second-order valence-electron chi connectivity index (χ2n) is 8.57. The second-order valence-corrected chi connectivity index (χ2v) is 8.57. The zero-order valence-electron chi connectivity index (χ0n) is 17.8. The van der Waals surface area contributed by atoms with Crippen molar-refractivity contribution in [3.63, 3.8) is 0 Å². The van der Waals surface area contributed by atoms with Gasteiger partial charge in [0.1, 0.15) is 0 Å². The van der Waals surface area contributed by atoms with Gasteiger partial charge in [-0.25, -0.2) is 0 Å². The number of hydrogen-bond acceptors (Lipinski definition) is 3. The molecule has 0 spiro atoms. The summed E-state index contributed by atoms with van der Waals surface area (Å²) >= 11 is 0. The summed E-state index contributed by atoms with van der Waals surface area (Å²) < 4.78 is 0. The predicted octanol–water partition coefficient (Wildman–Crippen LogP) is 4.34. The van der Waals surface area contributed by atoms with Gasteiger partial charge in [-0.1, -0.05) is 36.4 Å². The number of nitrogens with zero attached hydrogens (tertiary/aromatic N) is 1. The third kappa shape index (κ3) is 3.69. The molecule has 152 valence electrons. The van der Waals surface area contributed by atoms with Crippen LogP contribution in [0.2, 0.25) is 0 Å². The van der Waals surface area contributed by atoms with E-state index in [0.717, 1.165) is 25.1 Å². The molecule has 1 unspecified atom stereocenters. The molecule has 0 saturated carbocycles. The zero-order valence-corrected chi connectivity index (χ0v) is 17.8. The number of fused-ring (bicyclic) bond motifs is 2. The zero-order chi connectivity index (χ0) is 20.5. The highest BCUT2D eigenvalue weighted by atomic mass is 16.2. The molecule has 2 aliphatic heterocycles. The molecule has 0 bridgehead atoms. The highest BCUT2D eigenvalue weighted by Crippen LogP contribution is 2.37. The molecule has 2 N–H and O–H groups in total. The maximum absolute atomic E-state index is 13.0. The first-order valence-corrected chi connectivity index (χ1v) is 10.7. The van der Waals surface area contributed by atoms with Gasteiger partial charge in [0.05, 0.1) is 6.04 Å². The Labute approximate surface area is 174 Å². The molecule has 1 atom stereocenters.